The average molecular weight is 220 g/mol. The van der Waals surface area contributed by atoms with Crippen LogP contribution in [0.15, 0.2) is 24.3 Å². The smallest absolute Gasteiger partial charge is 0.0318 e. The van der Waals surface area contributed by atoms with E-state index in [-0.39, 0.29) is 6.04 Å². The molecule has 0 heterocycles. The first-order valence-corrected chi connectivity index (χ1v) is 6.19. The van der Waals surface area contributed by atoms with E-state index in [2.05, 4.69) is 43.4 Å². The summed E-state index contributed by atoms with van der Waals surface area (Å²) in [6, 6.07) is 9.59. The van der Waals surface area contributed by atoms with Gasteiger partial charge in [0.1, 0.15) is 0 Å². The van der Waals surface area contributed by atoms with E-state index < -0.39 is 0 Å². The molecule has 0 aromatic heterocycles. The summed E-state index contributed by atoms with van der Waals surface area (Å²) in [6.07, 6.45) is 3.25. The van der Waals surface area contributed by atoms with Gasteiger partial charge in [0.15, 0.2) is 0 Å². The van der Waals surface area contributed by atoms with Crippen LogP contribution in [0, 0.1) is 0 Å². The van der Waals surface area contributed by atoms with Crippen molar-refractivity contribution in [3.63, 3.8) is 0 Å². The molecule has 2 heteroatoms. The van der Waals surface area contributed by atoms with Gasteiger partial charge in [0, 0.05) is 12.1 Å². The Morgan fingerprint density at radius 3 is 2.25 bits per heavy atom. The minimum Gasteiger partial charge on any atom is -0.328 e. The van der Waals surface area contributed by atoms with Crippen LogP contribution >= 0.6 is 0 Å². The van der Waals surface area contributed by atoms with Gasteiger partial charge in [-0.1, -0.05) is 31.2 Å². The van der Waals surface area contributed by atoms with Gasteiger partial charge in [0.05, 0.1) is 0 Å². The van der Waals surface area contributed by atoms with E-state index in [9.17, 15) is 0 Å². The number of nitrogens with one attached hydrogen (secondary N) is 1. The van der Waals surface area contributed by atoms with Crippen molar-refractivity contribution in [2.24, 2.45) is 5.73 Å². The van der Waals surface area contributed by atoms with E-state index >= 15 is 0 Å². The van der Waals surface area contributed by atoms with E-state index in [1.165, 1.54) is 11.1 Å². The van der Waals surface area contributed by atoms with Crippen LogP contribution in [0.25, 0.3) is 0 Å². The lowest BCUT2D eigenvalue weighted by molar-refractivity contribution is 0.496. The lowest BCUT2D eigenvalue weighted by atomic mass is 9.98. The third kappa shape index (κ3) is 3.95. The summed E-state index contributed by atoms with van der Waals surface area (Å²) in [4.78, 5) is 0. The van der Waals surface area contributed by atoms with Crippen LogP contribution in [0.5, 0.6) is 0 Å². The highest BCUT2D eigenvalue weighted by atomic mass is 14.9. The lowest BCUT2D eigenvalue weighted by Crippen LogP contribution is -2.21. The third-order valence-electron chi connectivity index (χ3n) is 3.05. The molecular weight excluding hydrogens is 196 g/mol. The highest BCUT2D eigenvalue weighted by molar-refractivity contribution is 5.25. The van der Waals surface area contributed by atoms with Gasteiger partial charge in [0.2, 0.25) is 0 Å². The number of hydrogen-bond donors (Lipinski definition) is 2. The average Bonchev–Trinajstić information content (AvgIpc) is 2.30. The van der Waals surface area contributed by atoms with E-state index in [4.69, 9.17) is 5.73 Å². The zero-order valence-electron chi connectivity index (χ0n) is 10.7. The topological polar surface area (TPSA) is 38.0 Å². The number of nitrogens with two attached hydrogens (primary N) is 1. The largest absolute Gasteiger partial charge is 0.328 e. The molecule has 2 nitrogen and oxygen atoms in total. The van der Waals surface area contributed by atoms with Crippen molar-refractivity contribution in [3.05, 3.63) is 35.4 Å². The Hall–Kier alpha value is -0.860. The lowest BCUT2D eigenvalue weighted by Gasteiger charge is -2.18. The van der Waals surface area contributed by atoms with Gasteiger partial charge in [0.25, 0.3) is 0 Å². The molecule has 16 heavy (non-hydrogen) atoms. The van der Waals surface area contributed by atoms with Crippen molar-refractivity contribution in [1.29, 1.82) is 0 Å². The molecule has 0 saturated heterocycles. The monoisotopic (exact) mass is 220 g/mol. The summed E-state index contributed by atoms with van der Waals surface area (Å²) < 4.78 is 0. The molecule has 0 spiro atoms. The SMILES string of the molecule is CCc1ccc(C(CCC(C)N)NC)cc1. The molecule has 3 N–H and O–H groups in total. The number of hydrogen-bond acceptors (Lipinski definition) is 2. The first kappa shape index (κ1) is 13.2. The predicted octanol–water partition coefficient (Wildman–Crippen LogP) is 2.64. The predicted molar refractivity (Wildman–Crippen MR) is 70.5 cm³/mol. The highest BCUT2D eigenvalue weighted by Gasteiger charge is 2.09. The standard InChI is InChI=1S/C14H24N2/c1-4-12-6-8-13(9-7-12)14(16-3)10-5-11(2)15/h6-9,11,14,16H,4-5,10,15H2,1-3H3. The van der Waals surface area contributed by atoms with Gasteiger partial charge in [-0.25, -0.2) is 0 Å². The van der Waals surface area contributed by atoms with E-state index in [1.807, 2.05) is 7.05 Å². The number of rotatable bonds is 6. The molecular formula is C14H24N2. The van der Waals surface area contributed by atoms with Crippen LogP contribution in [0.3, 0.4) is 0 Å². The van der Waals surface area contributed by atoms with Crippen molar-refractivity contribution < 1.29 is 0 Å². The van der Waals surface area contributed by atoms with Crippen LogP contribution in [-0.2, 0) is 6.42 Å². The Morgan fingerprint density at radius 2 is 1.81 bits per heavy atom. The molecule has 1 rings (SSSR count). The van der Waals surface area contributed by atoms with Crippen molar-refractivity contribution in [2.45, 2.75) is 45.2 Å². The number of aryl methyl sites for hydroxylation is 1. The summed E-state index contributed by atoms with van der Waals surface area (Å²) in [6.45, 7) is 4.24. The van der Waals surface area contributed by atoms with Crippen molar-refractivity contribution in [1.82, 2.24) is 5.32 Å². The fraction of sp³-hybridized carbons (Fsp3) is 0.571. The van der Waals surface area contributed by atoms with Crippen LogP contribution < -0.4 is 11.1 Å². The minimum atomic E-state index is 0.283. The quantitative estimate of drug-likeness (QED) is 0.773. The molecule has 2 unspecified atom stereocenters. The normalized spacial score (nSPS) is 14.8. The Bertz CT molecular complexity index is 290. The number of benzene rings is 1. The van der Waals surface area contributed by atoms with Gasteiger partial charge in [-0.05, 0) is 44.4 Å². The second-order valence-corrected chi connectivity index (χ2v) is 4.49. The summed E-state index contributed by atoms with van der Waals surface area (Å²) in [5.74, 6) is 0. The van der Waals surface area contributed by atoms with E-state index in [1.54, 1.807) is 0 Å². The molecule has 0 bridgehead atoms. The van der Waals surface area contributed by atoms with Crippen molar-refractivity contribution >= 4 is 0 Å². The van der Waals surface area contributed by atoms with Gasteiger partial charge in [-0.15, -0.1) is 0 Å². The first-order valence-electron chi connectivity index (χ1n) is 6.19. The highest BCUT2D eigenvalue weighted by Crippen LogP contribution is 2.19. The first-order chi connectivity index (χ1) is 7.67. The Balaban J connectivity index is 2.63. The minimum absolute atomic E-state index is 0.283. The molecule has 0 amide bonds. The van der Waals surface area contributed by atoms with Crippen LogP contribution in [0.1, 0.15) is 43.9 Å². The zero-order chi connectivity index (χ0) is 12.0. The zero-order valence-corrected chi connectivity index (χ0v) is 10.7. The van der Waals surface area contributed by atoms with Gasteiger partial charge in [-0.2, -0.15) is 0 Å². The maximum atomic E-state index is 5.79. The van der Waals surface area contributed by atoms with E-state index in [0.29, 0.717) is 6.04 Å². The molecule has 90 valence electrons. The second kappa shape index (κ2) is 6.66. The molecule has 1 aromatic rings. The summed E-state index contributed by atoms with van der Waals surface area (Å²) >= 11 is 0. The van der Waals surface area contributed by atoms with Crippen molar-refractivity contribution in [2.75, 3.05) is 7.05 Å². The van der Waals surface area contributed by atoms with E-state index in [0.717, 1.165) is 19.3 Å². The van der Waals surface area contributed by atoms with Crippen molar-refractivity contribution in [3.8, 4) is 0 Å². The molecule has 0 aliphatic heterocycles. The maximum Gasteiger partial charge on any atom is 0.0318 e. The van der Waals surface area contributed by atoms with Gasteiger partial charge < -0.3 is 11.1 Å². The Morgan fingerprint density at radius 1 is 1.19 bits per heavy atom. The third-order valence-corrected chi connectivity index (χ3v) is 3.05. The molecule has 0 radical (unpaired) electrons. The van der Waals surface area contributed by atoms with Crippen LogP contribution in [0.2, 0.25) is 0 Å². The Labute approximate surface area is 99.2 Å². The Kier molecular flexibility index (Phi) is 5.50. The van der Waals surface area contributed by atoms with Crippen LogP contribution in [0.4, 0.5) is 0 Å². The maximum absolute atomic E-state index is 5.79. The fourth-order valence-corrected chi connectivity index (χ4v) is 1.89. The fourth-order valence-electron chi connectivity index (χ4n) is 1.89. The molecule has 2 atom stereocenters. The molecule has 1 aromatic carbocycles. The molecule has 0 aliphatic rings. The summed E-state index contributed by atoms with van der Waals surface area (Å²) in [5, 5.41) is 3.36. The summed E-state index contributed by atoms with van der Waals surface area (Å²) in [5.41, 5.74) is 8.55. The second-order valence-electron chi connectivity index (χ2n) is 4.49. The van der Waals surface area contributed by atoms with Gasteiger partial charge in [-0.3, -0.25) is 0 Å². The summed E-state index contributed by atoms with van der Waals surface area (Å²) in [7, 11) is 2.01. The molecule has 0 aliphatic carbocycles. The van der Waals surface area contributed by atoms with Gasteiger partial charge >= 0.3 is 0 Å². The van der Waals surface area contributed by atoms with Crippen LogP contribution in [-0.4, -0.2) is 13.1 Å². The molecule has 0 saturated carbocycles. The molecule has 0 fully saturated rings.